The van der Waals surface area contributed by atoms with Gasteiger partial charge in [0.05, 0.1) is 10.0 Å². The van der Waals surface area contributed by atoms with Gasteiger partial charge in [0, 0.05) is 24.6 Å². The van der Waals surface area contributed by atoms with Crippen molar-refractivity contribution in [3.63, 3.8) is 0 Å². The quantitative estimate of drug-likeness (QED) is 0.610. The topological polar surface area (TPSA) is 67.4 Å². The minimum absolute atomic E-state index is 0.0192. The highest BCUT2D eigenvalue weighted by molar-refractivity contribution is 6.31. The maximum absolute atomic E-state index is 13.6. The predicted molar refractivity (Wildman–Crippen MR) is 116 cm³/mol. The molecule has 2 fully saturated rings. The van der Waals surface area contributed by atoms with Crippen LogP contribution in [-0.2, 0) is 16.1 Å². The zero-order valence-electron chi connectivity index (χ0n) is 17.0. The van der Waals surface area contributed by atoms with Gasteiger partial charge in [0.25, 0.3) is 5.91 Å². The molecule has 0 heterocycles. The van der Waals surface area contributed by atoms with Crippen LogP contribution >= 0.6 is 23.2 Å². The van der Waals surface area contributed by atoms with Crippen LogP contribution in [0.1, 0.15) is 24.8 Å². The highest BCUT2D eigenvalue weighted by Gasteiger charge is 2.51. The lowest BCUT2D eigenvalue weighted by Crippen LogP contribution is -2.43. The number of carbonyl (C=O) groups excluding carboxylic acids is 2. The van der Waals surface area contributed by atoms with E-state index in [4.69, 9.17) is 27.9 Å². The fourth-order valence-corrected chi connectivity index (χ4v) is 4.81. The first-order valence-electron chi connectivity index (χ1n) is 10.4. The number of halogens is 4. The molecule has 0 radical (unpaired) electrons. The maximum Gasteiger partial charge on any atom is 0.258 e. The van der Waals surface area contributed by atoms with Gasteiger partial charge in [-0.25, -0.2) is 8.78 Å². The standard InChI is InChI=1S/C23H22Cl2F2N2O3/c24-17-5-1-12(7-19(17)26)10-28-23(31)16-9-21(15-4-3-14(15)16)29-22(30)11-32-13-2-6-18(25)20(27)8-13/h1-2,5-8,14-16,21H,3-4,9-11H2,(H,28,31)(H,29,30)/t14?,15?,16?,21-/m0/s1. The number of amides is 2. The number of rotatable bonds is 7. The van der Waals surface area contributed by atoms with Gasteiger partial charge in [-0.2, -0.15) is 0 Å². The van der Waals surface area contributed by atoms with Gasteiger partial charge in [0.2, 0.25) is 5.91 Å². The zero-order chi connectivity index (χ0) is 22.8. The minimum atomic E-state index is -0.618. The van der Waals surface area contributed by atoms with Crippen LogP contribution in [0.4, 0.5) is 8.78 Å². The van der Waals surface area contributed by atoms with E-state index in [-0.39, 0.29) is 64.6 Å². The molecule has 4 rings (SSSR count). The normalized spacial score (nSPS) is 23.8. The van der Waals surface area contributed by atoms with Crippen molar-refractivity contribution in [3.05, 3.63) is 63.6 Å². The smallest absolute Gasteiger partial charge is 0.258 e. The van der Waals surface area contributed by atoms with E-state index in [2.05, 4.69) is 10.6 Å². The van der Waals surface area contributed by atoms with Crippen LogP contribution in [-0.4, -0.2) is 24.5 Å². The molecule has 2 aromatic rings. The second kappa shape index (κ2) is 9.63. The van der Waals surface area contributed by atoms with E-state index in [1.807, 2.05) is 0 Å². The maximum atomic E-state index is 13.6. The van der Waals surface area contributed by atoms with Crippen molar-refractivity contribution in [2.24, 2.45) is 17.8 Å². The van der Waals surface area contributed by atoms with Crippen molar-refractivity contribution in [3.8, 4) is 5.75 Å². The Balaban J connectivity index is 1.28. The predicted octanol–water partition coefficient (Wildman–Crippen LogP) is 4.50. The highest BCUT2D eigenvalue weighted by atomic mass is 35.5. The van der Waals surface area contributed by atoms with Crippen LogP contribution in [0.2, 0.25) is 10.0 Å². The summed E-state index contributed by atoms with van der Waals surface area (Å²) in [5.41, 5.74) is 0.629. The van der Waals surface area contributed by atoms with Crippen LogP contribution in [0.15, 0.2) is 36.4 Å². The van der Waals surface area contributed by atoms with Gasteiger partial charge in [0.15, 0.2) is 6.61 Å². The lowest BCUT2D eigenvalue weighted by Gasteiger charge is -2.36. The molecule has 0 aromatic heterocycles. The van der Waals surface area contributed by atoms with E-state index in [1.54, 1.807) is 6.07 Å². The fourth-order valence-electron chi connectivity index (χ4n) is 4.58. The van der Waals surface area contributed by atoms with Gasteiger partial charge in [-0.3, -0.25) is 9.59 Å². The molecule has 2 aromatic carbocycles. The fraction of sp³-hybridized carbons (Fsp3) is 0.391. The average Bonchev–Trinajstić information content (AvgIpc) is 2.98. The second-order valence-corrected chi connectivity index (χ2v) is 9.07. The molecule has 2 saturated carbocycles. The summed E-state index contributed by atoms with van der Waals surface area (Å²) < 4.78 is 32.4. The second-order valence-electron chi connectivity index (χ2n) is 8.25. The lowest BCUT2D eigenvalue weighted by molar-refractivity contribution is -0.127. The number of hydrogen-bond donors (Lipinski definition) is 2. The van der Waals surface area contributed by atoms with E-state index < -0.39 is 11.6 Å². The van der Waals surface area contributed by atoms with Gasteiger partial charge in [-0.05, 0) is 60.9 Å². The Morgan fingerprint density at radius 1 is 1.00 bits per heavy atom. The summed E-state index contributed by atoms with van der Waals surface area (Å²) in [4.78, 5) is 25.1. The largest absolute Gasteiger partial charge is 0.484 e. The Hall–Kier alpha value is -2.38. The number of benzene rings is 2. The average molecular weight is 483 g/mol. The number of ether oxygens (including phenoxy) is 1. The number of fused-ring (bicyclic) bond motifs is 1. The van der Waals surface area contributed by atoms with Crippen LogP contribution < -0.4 is 15.4 Å². The summed E-state index contributed by atoms with van der Waals surface area (Å²) in [6, 6.07) is 8.30. The van der Waals surface area contributed by atoms with Gasteiger partial charge >= 0.3 is 0 Å². The van der Waals surface area contributed by atoms with Crippen molar-refractivity contribution in [1.29, 1.82) is 0 Å². The van der Waals surface area contributed by atoms with E-state index in [0.29, 0.717) is 12.0 Å². The summed E-state index contributed by atoms with van der Waals surface area (Å²) in [5.74, 6) is -1.09. The molecule has 2 aliphatic rings. The molecular weight excluding hydrogens is 461 g/mol. The van der Waals surface area contributed by atoms with Gasteiger partial charge < -0.3 is 15.4 Å². The molecule has 0 aliphatic heterocycles. The summed E-state index contributed by atoms with van der Waals surface area (Å²) in [6.07, 6.45) is 2.42. The van der Waals surface area contributed by atoms with Crippen LogP contribution in [0.25, 0.3) is 0 Å². The Kier molecular flexibility index (Phi) is 6.86. The Bertz CT molecular complexity index is 1040. The molecule has 4 atom stereocenters. The van der Waals surface area contributed by atoms with Gasteiger partial charge in [0.1, 0.15) is 17.4 Å². The number of nitrogens with one attached hydrogen (secondary N) is 2. The number of hydrogen-bond acceptors (Lipinski definition) is 3. The Labute approximate surface area is 194 Å². The van der Waals surface area contributed by atoms with Crippen LogP contribution in [0.5, 0.6) is 5.75 Å². The van der Waals surface area contributed by atoms with Crippen molar-refractivity contribution < 1.29 is 23.1 Å². The van der Waals surface area contributed by atoms with Gasteiger partial charge in [-0.1, -0.05) is 29.3 Å². The molecule has 170 valence electrons. The van der Waals surface area contributed by atoms with Crippen molar-refractivity contribution in [2.45, 2.75) is 31.8 Å². The van der Waals surface area contributed by atoms with Crippen molar-refractivity contribution in [2.75, 3.05) is 6.61 Å². The van der Waals surface area contributed by atoms with Gasteiger partial charge in [-0.15, -0.1) is 0 Å². The summed E-state index contributed by atoms with van der Waals surface area (Å²) in [7, 11) is 0. The lowest BCUT2D eigenvalue weighted by atomic mass is 9.71. The highest BCUT2D eigenvalue weighted by Crippen LogP contribution is 2.50. The van der Waals surface area contributed by atoms with Crippen LogP contribution in [0, 0.1) is 29.4 Å². The van der Waals surface area contributed by atoms with Crippen LogP contribution in [0.3, 0.4) is 0 Å². The van der Waals surface area contributed by atoms with Crippen molar-refractivity contribution >= 4 is 35.0 Å². The van der Waals surface area contributed by atoms with E-state index in [0.717, 1.165) is 18.9 Å². The molecular formula is C23H22Cl2F2N2O3. The molecule has 0 spiro atoms. The minimum Gasteiger partial charge on any atom is -0.484 e. The first kappa shape index (κ1) is 22.8. The Morgan fingerprint density at radius 3 is 2.34 bits per heavy atom. The molecule has 0 bridgehead atoms. The van der Waals surface area contributed by atoms with E-state index in [9.17, 15) is 18.4 Å². The first-order chi connectivity index (χ1) is 15.3. The third kappa shape index (κ3) is 4.99. The van der Waals surface area contributed by atoms with E-state index in [1.165, 1.54) is 24.3 Å². The summed E-state index contributed by atoms with van der Waals surface area (Å²) >= 11 is 11.3. The zero-order valence-corrected chi connectivity index (χ0v) is 18.6. The molecule has 5 nitrogen and oxygen atoms in total. The summed E-state index contributed by atoms with van der Waals surface area (Å²) in [6.45, 7) is -0.0444. The third-order valence-corrected chi connectivity index (χ3v) is 6.93. The molecule has 9 heteroatoms. The first-order valence-corrected chi connectivity index (χ1v) is 11.2. The third-order valence-electron chi connectivity index (χ3n) is 6.32. The monoisotopic (exact) mass is 482 g/mol. The van der Waals surface area contributed by atoms with Crippen molar-refractivity contribution in [1.82, 2.24) is 10.6 Å². The summed E-state index contributed by atoms with van der Waals surface area (Å²) in [5, 5.41) is 5.84. The SMILES string of the molecule is O=C(COc1ccc(Cl)c(F)c1)N[C@H]1CC(C(=O)NCc2ccc(Cl)c(F)c2)C2CCC21. The molecule has 3 unspecified atom stereocenters. The molecule has 32 heavy (non-hydrogen) atoms. The van der Waals surface area contributed by atoms with E-state index >= 15 is 0 Å². The molecule has 2 amide bonds. The molecule has 0 saturated heterocycles. The molecule has 2 aliphatic carbocycles. The number of carbonyl (C=O) groups is 2. The Morgan fingerprint density at radius 2 is 1.69 bits per heavy atom. The molecule has 2 N–H and O–H groups in total.